The molecule has 2 aromatic heterocycles. The maximum Gasteiger partial charge on any atom is 0.242 e. The Kier molecular flexibility index (Phi) is 8.85. The molecule has 0 bridgehead atoms. The minimum absolute atomic E-state index is 0.148. The number of halogens is 1. The smallest absolute Gasteiger partial charge is 0.242 e. The summed E-state index contributed by atoms with van der Waals surface area (Å²) in [5.74, 6) is 0.849. The molecule has 0 aliphatic rings. The van der Waals surface area contributed by atoms with Crippen molar-refractivity contribution in [1.29, 1.82) is 0 Å². The van der Waals surface area contributed by atoms with Crippen molar-refractivity contribution in [2.75, 3.05) is 0 Å². The summed E-state index contributed by atoms with van der Waals surface area (Å²) in [6, 6.07) is 10.3. The minimum atomic E-state index is -0.674. The van der Waals surface area contributed by atoms with Crippen molar-refractivity contribution in [2.24, 2.45) is 0 Å². The maximum atomic E-state index is 12.4. The van der Waals surface area contributed by atoms with Gasteiger partial charge in [-0.05, 0) is 62.0 Å². The Labute approximate surface area is 202 Å². The van der Waals surface area contributed by atoms with Crippen LogP contribution in [0.4, 0.5) is 0 Å². The lowest BCUT2D eigenvalue weighted by Gasteiger charge is -2.13. The Morgan fingerprint density at radius 2 is 1.97 bits per heavy atom. The third kappa shape index (κ3) is 6.79. The fraction of sp³-hybridized carbons (Fsp3) is 0.391. The van der Waals surface area contributed by atoms with E-state index in [0.29, 0.717) is 22.1 Å². The van der Waals surface area contributed by atoms with E-state index in [4.69, 9.17) is 28.2 Å². The topological polar surface area (TPSA) is 94.1 Å². The van der Waals surface area contributed by atoms with E-state index < -0.39 is 6.04 Å². The minimum Gasteiger partial charge on any atom is -0.467 e. The predicted molar refractivity (Wildman–Crippen MR) is 129 cm³/mol. The molecule has 2 amide bonds. The first kappa shape index (κ1) is 24.7. The number of unbranched alkanes of at least 4 members (excludes halogenated alkanes) is 1. The van der Waals surface area contributed by atoms with Crippen molar-refractivity contribution >= 4 is 35.6 Å². The first-order chi connectivity index (χ1) is 15.9. The van der Waals surface area contributed by atoms with Gasteiger partial charge >= 0.3 is 0 Å². The van der Waals surface area contributed by atoms with Crippen LogP contribution >= 0.6 is 23.8 Å². The van der Waals surface area contributed by atoms with E-state index in [2.05, 4.69) is 22.7 Å². The van der Waals surface area contributed by atoms with Crippen molar-refractivity contribution in [3.8, 4) is 11.4 Å². The first-order valence-electron chi connectivity index (χ1n) is 10.9. The summed E-state index contributed by atoms with van der Waals surface area (Å²) in [6.07, 6.45) is 3.68. The van der Waals surface area contributed by atoms with Gasteiger partial charge in [0, 0.05) is 23.6 Å². The highest BCUT2D eigenvalue weighted by Gasteiger charge is 2.17. The molecule has 10 heteroatoms. The number of benzene rings is 1. The summed E-state index contributed by atoms with van der Waals surface area (Å²) in [6.45, 7) is 5.08. The molecule has 0 saturated heterocycles. The summed E-state index contributed by atoms with van der Waals surface area (Å²) in [7, 11) is 0. The summed E-state index contributed by atoms with van der Waals surface area (Å²) in [5.41, 5.74) is 0.909. The number of amides is 2. The molecule has 33 heavy (non-hydrogen) atoms. The molecule has 1 unspecified atom stereocenters. The zero-order valence-electron chi connectivity index (χ0n) is 18.7. The zero-order chi connectivity index (χ0) is 23.8. The molecular formula is C23H28ClN5O3S. The number of rotatable bonds is 11. The number of hydrogen-bond donors (Lipinski definition) is 2. The number of furan rings is 1. The normalized spacial score (nSPS) is 11.8. The Morgan fingerprint density at radius 3 is 2.64 bits per heavy atom. The van der Waals surface area contributed by atoms with Gasteiger partial charge in [-0.15, -0.1) is 0 Å². The van der Waals surface area contributed by atoms with Gasteiger partial charge < -0.3 is 15.1 Å². The quantitative estimate of drug-likeness (QED) is 0.391. The van der Waals surface area contributed by atoms with E-state index in [-0.39, 0.29) is 24.8 Å². The van der Waals surface area contributed by atoms with Crippen molar-refractivity contribution in [1.82, 2.24) is 25.0 Å². The van der Waals surface area contributed by atoms with Crippen molar-refractivity contribution in [2.45, 2.75) is 58.8 Å². The number of carbonyl (C=O) groups is 2. The number of nitrogens with one attached hydrogen (secondary N) is 2. The second-order valence-corrected chi connectivity index (χ2v) is 8.48. The van der Waals surface area contributed by atoms with Crippen LogP contribution in [-0.4, -0.2) is 32.2 Å². The number of hydrogen-bond acceptors (Lipinski definition) is 5. The van der Waals surface area contributed by atoms with Crippen LogP contribution in [0, 0.1) is 4.77 Å². The molecule has 1 aromatic carbocycles. The van der Waals surface area contributed by atoms with E-state index in [1.807, 2.05) is 28.8 Å². The standard InChI is InChI=1S/C23H28ClN5O3S/c1-3-4-12-28-21(17-7-9-18(24)10-8-17)27-29(23(28)33)13-11-20(30)26-16(2)22(31)25-15-19-6-5-14-32-19/h5-10,14,16H,3-4,11-13,15H2,1-2H3,(H,25,31)(H,26,30). The highest BCUT2D eigenvalue weighted by atomic mass is 35.5. The fourth-order valence-corrected chi connectivity index (χ4v) is 3.68. The fourth-order valence-electron chi connectivity index (χ4n) is 3.24. The molecule has 0 aliphatic heterocycles. The number of aryl methyl sites for hydroxylation is 1. The van der Waals surface area contributed by atoms with Gasteiger partial charge in [-0.2, -0.15) is 5.10 Å². The Bertz CT molecular complexity index is 1120. The van der Waals surface area contributed by atoms with Crippen molar-refractivity contribution in [3.05, 3.63) is 58.2 Å². The number of aromatic nitrogens is 3. The van der Waals surface area contributed by atoms with E-state index in [1.54, 1.807) is 30.0 Å². The average molecular weight is 490 g/mol. The van der Waals surface area contributed by atoms with E-state index in [0.717, 1.165) is 30.8 Å². The Hall–Kier alpha value is -2.91. The monoisotopic (exact) mass is 489 g/mol. The van der Waals surface area contributed by atoms with Crippen molar-refractivity contribution < 1.29 is 14.0 Å². The van der Waals surface area contributed by atoms with E-state index in [9.17, 15) is 9.59 Å². The van der Waals surface area contributed by atoms with Crippen LogP contribution in [0.15, 0.2) is 47.1 Å². The summed E-state index contributed by atoms with van der Waals surface area (Å²) in [5, 5.41) is 10.8. The van der Waals surface area contributed by atoms with Gasteiger partial charge in [-0.3, -0.25) is 14.2 Å². The Morgan fingerprint density at radius 1 is 1.21 bits per heavy atom. The second kappa shape index (κ2) is 11.8. The van der Waals surface area contributed by atoms with Crippen LogP contribution in [0.25, 0.3) is 11.4 Å². The molecule has 0 fully saturated rings. The molecule has 0 saturated carbocycles. The number of carbonyl (C=O) groups excluding carboxylic acids is 2. The molecule has 3 rings (SSSR count). The van der Waals surface area contributed by atoms with E-state index >= 15 is 0 Å². The van der Waals surface area contributed by atoms with Crippen molar-refractivity contribution in [3.63, 3.8) is 0 Å². The van der Waals surface area contributed by atoms with Gasteiger partial charge in [0.2, 0.25) is 11.8 Å². The molecule has 3 aromatic rings. The van der Waals surface area contributed by atoms with Gasteiger partial charge in [-0.1, -0.05) is 24.9 Å². The lowest BCUT2D eigenvalue weighted by atomic mass is 10.2. The molecule has 0 radical (unpaired) electrons. The van der Waals surface area contributed by atoms with E-state index in [1.165, 1.54) is 0 Å². The molecule has 8 nitrogen and oxygen atoms in total. The SMILES string of the molecule is CCCCn1c(-c2ccc(Cl)cc2)nn(CCC(=O)NC(C)C(=O)NCc2ccco2)c1=S. The first-order valence-corrected chi connectivity index (χ1v) is 11.7. The van der Waals surface area contributed by atoms with Crippen LogP contribution in [-0.2, 0) is 29.2 Å². The molecule has 0 spiro atoms. The average Bonchev–Trinajstić information content (AvgIpc) is 3.43. The molecule has 2 heterocycles. The molecule has 1 atom stereocenters. The van der Waals surface area contributed by atoms with Crippen LogP contribution in [0.1, 0.15) is 38.9 Å². The Balaban J connectivity index is 1.61. The molecule has 0 aliphatic carbocycles. The zero-order valence-corrected chi connectivity index (χ0v) is 20.3. The van der Waals surface area contributed by atoms with Gasteiger partial charge in [-0.25, -0.2) is 4.68 Å². The highest BCUT2D eigenvalue weighted by molar-refractivity contribution is 7.71. The maximum absolute atomic E-state index is 12.4. The van der Waals surface area contributed by atoms with Crippen LogP contribution in [0.5, 0.6) is 0 Å². The second-order valence-electron chi connectivity index (χ2n) is 7.68. The molecule has 2 N–H and O–H groups in total. The molecular weight excluding hydrogens is 462 g/mol. The summed E-state index contributed by atoms with van der Waals surface area (Å²) >= 11 is 11.7. The van der Waals surface area contributed by atoms with Gasteiger partial charge in [0.25, 0.3) is 0 Å². The molecule has 176 valence electrons. The van der Waals surface area contributed by atoms with Crippen LogP contribution in [0.3, 0.4) is 0 Å². The highest BCUT2D eigenvalue weighted by Crippen LogP contribution is 2.21. The predicted octanol–water partition coefficient (Wildman–Crippen LogP) is 4.34. The largest absolute Gasteiger partial charge is 0.467 e. The van der Waals surface area contributed by atoms with Gasteiger partial charge in [0.1, 0.15) is 11.8 Å². The van der Waals surface area contributed by atoms with Crippen LogP contribution < -0.4 is 10.6 Å². The lowest BCUT2D eigenvalue weighted by molar-refractivity contribution is -0.128. The number of nitrogens with zero attached hydrogens (tertiary/aromatic N) is 3. The van der Waals surface area contributed by atoms with Gasteiger partial charge in [0.05, 0.1) is 19.4 Å². The lowest BCUT2D eigenvalue weighted by Crippen LogP contribution is -2.44. The van der Waals surface area contributed by atoms with Gasteiger partial charge in [0.15, 0.2) is 10.6 Å². The summed E-state index contributed by atoms with van der Waals surface area (Å²) in [4.78, 5) is 24.7. The van der Waals surface area contributed by atoms with Crippen LogP contribution in [0.2, 0.25) is 5.02 Å². The summed E-state index contributed by atoms with van der Waals surface area (Å²) < 4.78 is 9.40. The third-order valence-corrected chi connectivity index (χ3v) is 5.78. The third-order valence-electron chi connectivity index (χ3n) is 5.10.